The lowest BCUT2D eigenvalue weighted by Gasteiger charge is -2.50. The van der Waals surface area contributed by atoms with E-state index in [1.807, 2.05) is 4.68 Å². The Balaban J connectivity index is 1.38. The van der Waals surface area contributed by atoms with Crippen LogP contribution < -0.4 is 37.6 Å². The van der Waals surface area contributed by atoms with Crippen molar-refractivity contribution in [3.63, 3.8) is 0 Å². The molecule has 21 heteroatoms. The number of thioether (sulfide) groups is 1. The summed E-state index contributed by atoms with van der Waals surface area (Å²) in [6.07, 6.45) is 2.49. The molecular weight excluding hydrogens is 620 g/mol. The van der Waals surface area contributed by atoms with Crippen LogP contribution >= 0.6 is 23.3 Å². The van der Waals surface area contributed by atoms with Gasteiger partial charge in [-0.2, -0.15) is 9.36 Å². The number of guanidine groups is 1. The van der Waals surface area contributed by atoms with Crippen LogP contribution in [0.3, 0.4) is 0 Å². The van der Waals surface area contributed by atoms with Gasteiger partial charge in [0.1, 0.15) is 11.4 Å². The number of carbonyl (C=O) groups is 4. The zero-order chi connectivity index (χ0) is 31.9. The lowest BCUT2D eigenvalue weighted by atomic mass is 10.0. The molecule has 0 bridgehead atoms. The summed E-state index contributed by atoms with van der Waals surface area (Å²) in [5.74, 6) is -4.07. The predicted octanol–water partition coefficient (Wildman–Crippen LogP) is -3.38. The maximum Gasteiger partial charge on any atom is 0.350 e. The lowest BCUT2D eigenvalue weighted by molar-refractivity contribution is -0.767. The van der Waals surface area contributed by atoms with Gasteiger partial charge >= 0.3 is 5.97 Å². The highest BCUT2D eigenvalue weighted by atomic mass is 32.2. The number of carboxylic acids is 2. The van der Waals surface area contributed by atoms with Crippen LogP contribution in [0, 0.1) is 0 Å². The standard InChI is InChI=1S/C23H28N12O7S2/c1-23(2,20(40)41)42-31-11(14-30-22(26)44-32-14)16(36)29-12-17(37)35-13(19(38)39)9(8-43-18(12)35)6-33-7-10(28-21(24)25)15-27-4-3-5-34(15)33/h7,12,18H,3-6,8H2,1-2H3,(H9,24,25,26,28,29,30,32,36,38,39,40,41)/b31-11-/t12-,18-/m1/s1. The van der Waals surface area contributed by atoms with Gasteiger partial charge in [0.2, 0.25) is 23.3 Å². The minimum Gasteiger partial charge on any atom is -0.543 e. The number of amides is 2. The number of carboxylic acid groups (broad SMARTS) is 2. The molecule has 0 saturated carbocycles. The third-order valence-corrected chi connectivity index (χ3v) is 8.68. The van der Waals surface area contributed by atoms with Crippen LogP contribution in [-0.4, -0.2) is 88.8 Å². The number of hydrogen-bond acceptors (Lipinski definition) is 14. The van der Waals surface area contributed by atoms with Crippen molar-refractivity contribution in [2.45, 2.75) is 50.4 Å². The molecule has 0 aromatic carbocycles. The molecule has 2 aromatic heterocycles. The van der Waals surface area contributed by atoms with Crippen LogP contribution in [0.1, 0.15) is 26.1 Å². The predicted molar refractivity (Wildman–Crippen MR) is 154 cm³/mol. The van der Waals surface area contributed by atoms with Crippen molar-refractivity contribution < 1.29 is 38.9 Å². The first-order valence-corrected chi connectivity index (χ1v) is 14.9. The van der Waals surface area contributed by atoms with Crippen molar-refractivity contribution in [3.8, 4) is 0 Å². The van der Waals surface area contributed by atoms with Crippen LogP contribution in [-0.2, 0) is 37.1 Å². The zero-order valence-corrected chi connectivity index (χ0v) is 25.0. The molecule has 0 aliphatic carbocycles. The Morgan fingerprint density at radius 1 is 1.36 bits per heavy atom. The van der Waals surface area contributed by atoms with Crippen molar-refractivity contribution in [1.29, 1.82) is 0 Å². The maximum absolute atomic E-state index is 13.3. The minimum absolute atomic E-state index is 0.00585. The van der Waals surface area contributed by atoms with Gasteiger partial charge in [0, 0.05) is 29.4 Å². The molecule has 5 heterocycles. The largest absolute Gasteiger partial charge is 0.543 e. The number of aliphatic imine (C=N–C) groups is 1. The number of nitrogens with one attached hydrogen (secondary N) is 2. The fourth-order valence-electron chi connectivity index (χ4n) is 4.65. The van der Waals surface area contributed by atoms with Crippen molar-refractivity contribution in [1.82, 2.24) is 24.3 Å². The first-order chi connectivity index (χ1) is 20.8. The number of anilines is 2. The van der Waals surface area contributed by atoms with Gasteiger partial charge in [-0.05, 0) is 20.3 Å². The van der Waals surface area contributed by atoms with E-state index in [2.05, 4.69) is 30.1 Å². The average Bonchev–Trinajstić information content (AvgIpc) is 3.54. The van der Waals surface area contributed by atoms with Gasteiger partial charge in [-0.25, -0.2) is 9.79 Å². The Kier molecular flexibility index (Phi) is 8.07. The summed E-state index contributed by atoms with van der Waals surface area (Å²) in [5.41, 5.74) is 15.1. The number of aromatic nitrogens is 4. The first kappa shape index (κ1) is 30.5. The van der Waals surface area contributed by atoms with Gasteiger partial charge in [-0.15, -0.1) is 21.1 Å². The highest BCUT2D eigenvalue weighted by Crippen LogP contribution is 2.40. The van der Waals surface area contributed by atoms with Gasteiger partial charge in [-0.3, -0.25) is 14.5 Å². The summed E-state index contributed by atoms with van der Waals surface area (Å²) in [6, 6.07) is -1.15. The second-order valence-corrected chi connectivity index (χ2v) is 12.2. The number of nitrogens with two attached hydrogens (primary N) is 3. The van der Waals surface area contributed by atoms with Crippen molar-refractivity contribution >= 4 is 75.4 Å². The number of hydrogen-bond donors (Lipinski definition) is 6. The van der Waals surface area contributed by atoms with Crippen LogP contribution in [0.4, 0.5) is 16.6 Å². The second-order valence-electron chi connectivity index (χ2n) is 10.3. The lowest BCUT2D eigenvalue weighted by Crippen LogP contribution is -2.71. The summed E-state index contributed by atoms with van der Waals surface area (Å²) in [7, 11) is 0. The van der Waals surface area contributed by atoms with Crippen molar-refractivity contribution in [3.05, 3.63) is 23.3 Å². The summed E-state index contributed by atoms with van der Waals surface area (Å²) in [5, 5.41) is 30.3. The Morgan fingerprint density at radius 2 is 2.11 bits per heavy atom. The van der Waals surface area contributed by atoms with E-state index < -0.39 is 46.5 Å². The molecular formula is C23H28N12O7S2. The highest BCUT2D eigenvalue weighted by molar-refractivity contribution is 8.00. The number of fused-ring (bicyclic) bond motifs is 2. The highest BCUT2D eigenvalue weighted by Gasteiger charge is 2.53. The smallest absolute Gasteiger partial charge is 0.350 e. The van der Waals surface area contributed by atoms with E-state index in [0.717, 1.165) is 22.9 Å². The van der Waals surface area contributed by atoms with E-state index in [0.29, 0.717) is 30.2 Å². The van der Waals surface area contributed by atoms with Gasteiger partial charge in [0.15, 0.2) is 29.1 Å². The number of β-lactam (4-membered cyclic amide) rings is 1. The summed E-state index contributed by atoms with van der Waals surface area (Å²) >= 11 is 2.00. The molecule has 3 aliphatic heterocycles. The molecule has 1 fully saturated rings. The molecule has 0 unspecified atom stereocenters. The third kappa shape index (κ3) is 5.69. The van der Waals surface area contributed by atoms with Crippen molar-refractivity contribution in [2.75, 3.05) is 23.3 Å². The quantitative estimate of drug-likeness (QED) is 0.0482. The first-order valence-electron chi connectivity index (χ1n) is 13.0. The molecule has 0 radical (unpaired) electrons. The van der Waals surface area contributed by atoms with E-state index in [-0.39, 0.29) is 34.9 Å². The van der Waals surface area contributed by atoms with E-state index in [9.17, 15) is 29.4 Å². The Morgan fingerprint density at radius 3 is 2.75 bits per heavy atom. The van der Waals surface area contributed by atoms with Gasteiger partial charge in [-0.1, -0.05) is 5.16 Å². The molecule has 44 heavy (non-hydrogen) atoms. The number of rotatable bonds is 10. The van der Waals surface area contributed by atoms with Crippen LogP contribution in [0.2, 0.25) is 0 Å². The van der Waals surface area contributed by atoms with Crippen LogP contribution in [0.15, 0.2) is 27.6 Å². The second kappa shape index (κ2) is 11.6. The SMILES string of the molecule is CC(C)(O/N=C(\C(=O)N[C@@H]1C(=O)N2C(C(=O)[O-])=C(C[n+]3cc(N=C(N)N)c4n3CCCN4)CS[C@H]12)c1nsc(N)n1)C(=O)O. The molecule has 9 N–H and O–H groups in total. The molecule has 5 rings (SSSR count). The fraction of sp³-hybridized carbons (Fsp3) is 0.435. The third-order valence-electron chi connectivity index (χ3n) is 6.80. The van der Waals surface area contributed by atoms with Gasteiger partial charge in [0.05, 0.1) is 18.2 Å². The molecule has 3 aliphatic rings. The topological polar surface area (TPSA) is 285 Å². The summed E-state index contributed by atoms with van der Waals surface area (Å²) in [6.45, 7) is 3.87. The molecule has 2 aromatic rings. The number of nitrogen functional groups attached to an aromatic ring is 1. The number of aliphatic carboxylic acids is 2. The molecule has 234 valence electrons. The van der Waals surface area contributed by atoms with Crippen LogP contribution in [0.25, 0.3) is 0 Å². The van der Waals surface area contributed by atoms with E-state index in [1.54, 1.807) is 10.9 Å². The molecule has 19 nitrogen and oxygen atoms in total. The Labute approximate surface area is 256 Å². The van der Waals surface area contributed by atoms with E-state index >= 15 is 0 Å². The summed E-state index contributed by atoms with van der Waals surface area (Å²) < 4.78 is 7.58. The van der Waals surface area contributed by atoms with Crippen LogP contribution in [0.5, 0.6) is 0 Å². The molecule has 0 spiro atoms. The molecule has 2 amide bonds. The normalized spacial score (nSPS) is 19.7. The summed E-state index contributed by atoms with van der Waals surface area (Å²) in [4.78, 5) is 64.5. The molecule has 2 atom stereocenters. The number of carbonyl (C=O) groups excluding carboxylic acids is 3. The van der Waals surface area contributed by atoms with Gasteiger partial charge in [0.25, 0.3) is 11.8 Å². The Bertz CT molecular complexity index is 1640. The average molecular weight is 649 g/mol. The maximum atomic E-state index is 13.3. The minimum atomic E-state index is -1.81. The Hall–Kier alpha value is -4.92. The fourth-order valence-corrected chi connectivity index (χ4v) is 6.42. The molecule has 1 saturated heterocycles. The number of oxime groups is 1. The van der Waals surface area contributed by atoms with E-state index in [4.69, 9.17) is 22.0 Å². The zero-order valence-electron chi connectivity index (χ0n) is 23.3. The van der Waals surface area contributed by atoms with E-state index in [1.165, 1.54) is 25.6 Å². The van der Waals surface area contributed by atoms with Gasteiger partial charge < -0.3 is 47.7 Å². The van der Waals surface area contributed by atoms with Crippen molar-refractivity contribution in [2.24, 2.45) is 21.6 Å². The monoisotopic (exact) mass is 648 g/mol. The number of nitrogens with zero attached hydrogens (tertiary/aromatic N) is 7.